The maximum atomic E-state index is 5.63. The first-order valence-electron chi connectivity index (χ1n) is 6.45. The lowest BCUT2D eigenvalue weighted by atomic mass is 10.1. The molecule has 0 aliphatic rings. The third-order valence-electron chi connectivity index (χ3n) is 3.18. The van der Waals surface area contributed by atoms with Gasteiger partial charge in [-0.25, -0.2) is 9.50 Å². The maximum Gasteiger partial charge on any atom is 0.156 e. The summed E-state index contributed by atoms with van der Waals surface area (Å²) in [5.41, 5.74) is 8.63. The van der Waals surface area contributed by atoms with Crippen molar-refractivity contribution in [3.8, 4) is 5.75 Å². The van der Waals surface area contributed by atoms with Gasteiger partial charge in [0.15, 0.2) is 11.5 Å². The zero-order valence-corrected chi connectivity index (χ0v) is 11.3. The number of rotatable bonds is 4. The highest BCUT2D eigenvalue weighted by Crippen LogP contribution is 2.15. The van der Waals surface area contributed by atoms with E-state index in [0.29, 0.717) is 13.0 Å². The minimum atomic E-state index is 0.509. The number of benzene rings is 1. The molecule has 0 radical (unpaired) electrons. The quantitative estimate of drug-likeness (QED) is 0.783. The monoisotopic (exact) mass is 268 g/mol. The van der Waals surface area contributed by atoms with Gasteiger partial charge in [0.05, 0.1) is 7.11 Å². The van der Waals surface area contributed by atoms with E-state index in [1.807, 2.05) is 42.6 Å². The van der Waals surface area contributed by atoms with Gasteiger partial charge in [-0.2, -0.15) is 5.10 Å². The number of aromatic nitrogens is 3. The highest BCUT2D eigenvalue weighted by Gasteiger charge is 2.06. The van der Waals surface area contributed by atoms with E-state index >= 15 is 0 Å². The van der Waals surface area contributed by atoms with Crippen LogP contribution in [0, 0.1) is 0 Å². The van der Waals surface area contributed by atoms with Crippen molar-refractivity contribution in [3.63, 3.8) is 0 Å². The van der Waals surface area contributed by atoms with Crippen molar-refractivity contribution in [3.05, 3.63) is 59.5 Å². The molecule has 3 aromatic rings. The third-order valence-corrected chi connectivity index (χ3v) is 3.18. The van der Waals surface area contributed by atoms with Gasteiger partial charge >= 0.3 is 0 Å². The van der Waals surface area contributed by atoms with Gasteiger partial charge in [0.2, 0.25) is 0 Å². The van der Waals surface area contributed by atoms with Crippen LogP contribution in [-0.2, 0) is 13.0 Å². The number of fused-ring (bicyclic) bond motifs is 1. The molecule has 20 heavy (non-hydrogen) atoms. The molecule has 0 atom stereocenters. The SMILES string of the molecule is COc1cccc(Cc2nc3cc(CN)ccn3n2)c1. The molecule has 2 N–H and O–H groups in total. The van der Waals surface area contributed by atoms with Crippen LogP contribution in [0.4, 0.5) is 0 Å². The number of ether oxygens (including phenoxy) is 1. The summed E-state index contributed by atoms with van der Waals surface area (Å²) in [5, 5.41) is 4.46. The first-order chi connectivity index (χ1) is 9.78. The van der Waals surface area contributed by atoms with Crippen LogP contribution in [0.15, 0.2) is 42.6 Å². The lowest BCUT2D eigenvalue weighted by Crippen LogP contribution is -1.97. The van der Waals surface area contributed by atoms with E-state index in [9.17, 15) is 0 Å². The molecule has 2 heterocycles. The molecule has 102 valence electrons. The van der Waals surface area contributed by atoms with Crippen molar-refractivity contribution in [2.45, 2.75) is 13.0 Å². The van der Waals surface area contributed by atoms with Gasteiger partial charge in [0, 0.05) is 19.2 Å². The van der Waals surface area contributed by atoms with Gasteiger partial charge in [0.1, 0.15) is 5.75 Å². The Balaban J connectivity index is 1.90. The maximum absolute atomic E-state index is 5.63. The Morgan fingerprint density at radius 3 is 2.90 bits per heavy atom. The molecule has 0 aliphatic carbocycles. The van der Waals surface area contributed by atoms with Crippen molar-refractivity contribution >= 4 is 5.65 Å². The first-order valence-corrected chi connectivity index (χ1v) is 6.45. The lowest BCUT2D eigenvalue weighted by molar-refractivity contribution is 0.414. The van der Waals surface area contributed by atoms with E-state index in [4.69, 9.17) is 10.5 Å². The predicted molar refractivity (Wildman–Crippen MR) is 76.7 cm³/mol. The third kappa shape index (κ3) is 2.48. The summed E-state index contributed by atoms with van der Waals surface area (Å²) in [6.45, 7) is 0.509. The number of nitrogens with zero attached hydrogens (tertiary/aromatic N) is 3. The molecule has 0 bridgehead atoms. The number of methoxy groups -OCH3 is 1. The molecule has 3 rings (SSSR count). The van der Waals surface area contributed by atoms with E-state index < -0.39 is 0 Å². The fourth-order valence-electron chi connectivity index (χ4n) is 2.14. The van der Waals surface area contributed by atoms with Crippen molar-refractivity contribution in [2.75, 3.05) is 7.11 Å². The van der Waals surface area contributed by atoms with Gasteiger partial charge < -0.3 is 10.5 Å². The van der Waals surface area contributed by atoms with Crippen LogP contribution in [0.2, 0.25) is 0 Å². The molecule has 0 amide bonds. The standard InChI is InChI=1S/C15H16N4O/c1-20-13-4-2-3-11(7-13)8-14-17-15-9-12(10-16)5-6-19(15)18-14/h2-7,9H,8,10,16H2,1H3. The Kier molecular flexibility index (Phi) is 3.35. The largest absolute Gasteiger partial charge is 0.497 e. The number of pyridine rings is 1. The molecule has 0 fully saturated rings. The second-order valence-corrected chi connectivity index (χ2v) is 4.60. The summed E-state index contributed by atoms with van der Waals surface area (Å²) in [6.07, 6.45) is 2.57. The van der Waals surface area contributed by atoms with Crippen LogP contribution in [0.5, 0.6) is 5.75 Å². The molecule has 1 aromatic carbocycles. The average Bonchev–Trinajstić information content (AvgIpc) is 2.88. The zero-order chi connectivity index (χ0) is 13.9. The minimum Gasteiger partial charge on any atom is -0.497 e. The summed E-state index contributed by atoms with van der Waals surface area (Å²) in [7, 11) is 1.66. The van der Waals surface area contributed by atoms with E-state index in [0.717, 1.165) is 28.3 Å². The highest BCUT2D eigenvalue weighted by atomic mass is 16.5. The lowest BCUT2D eigenvalue weighted by Gasteiger charge is -2.01. The van der Waals surface area contributed by atoms with Crippen LogP contribution < -0.4 is 10.5 Å². The molecule has 0 unspecified atom stereocenters. The molecule has 5 heteroatoms. The smallest absolute Gasteiger partial charge is 0.156 e. The van der Waals surface area contributed by atoms with Crippen LogP contribution in [0.25, 0.3) is 5.65 Å². The Morgan fingerprint density at radius 2 is 2.10 bits per heavy atom. The Bertz CT molecular complexity index is 736. The van der Waals surface area contributed by atoms with Crippen molar-refractivity contribution in [1.29, 1.82) is 0 Å². The average molecular weight is 268 g/mol. The van der Waals surface area contributed by atoms with Gasteiger partial charge in [0.25, 0.3) is 0 Å². The predicted octanol–water partition coefficient (Wildman–Crippen LogP) is 1.79. The summed E-state index contributed by atoms with van der Waals surface area (Å²) >= 11 is 0. The Morgan fingerprint density at radius 1 is 1.20 bits per heavy atom. The molecule has 0 spiro atoms. The fourth-order valence-corrected chi connectivity index (χ4v) is 2.14. The zero-order valence-electron chi connectivity index (χ0n) is 11.3. The molecule has 5 nitrogen and oxygen atoms in total. The molecular weight excluding hydrogens is 252 g/mol. The van der Waals surface area contributed by atoms with Crippen molar-refractivity contribution in [2.24, 2.45) is 5.73 Å². The molecule has 0 saturated heterocycles. The fraction of sp³-hybridized carbons (Fsp3) is 0.200. The normalized spacial score (nSPS) is 10.9. The van der Waals surface area contributed by atoms with Gasteiger partial charge in [-0.3, -0.25) is 0 Å². The van der Waals surface area contributed by atoms with Crippen LogP contribution in [0.3, 0.4) is 0 Å². The number of nitrogens with two attached hydrogens (primary N) is 1. The van der Waals surface area contributed by atoms with Crippen molar-refractivity contribution < 1.29 is 4.74 Å². The van der Waals surface area contributed by atoms with Crippen LogP contribution >= 0.6 is 0 Å². The van der Waals surface area contributed by atoms with Gasteiger partial charge in [-0.1, -0.05) is 12.1 Å². The van der Waals surface area contributed by atoms with E-state index in [-0.39, 0.29) is 0 Å². The van der Waals surface area contributed by atoms with Crippen LogP contribution in [0.1, 0.15) is 17.0 Å². The van der Waals surface area contributed by atoms with E-state index in [1.54, 1.807) is 11.6 Å². The second-order valence-electron chi connectivity index (χ2n) is 4.60. The van der Waals surface area contributed by atoms with Gasteiger partial charge in [-0.15, -0.1) is 0 Å². The summed E-state index contributed by atoms with van der Waals surface area (Å²) in [5.74, 6) is 1.63. The first kappa shape index (κ1) is 12.6. The molecule has 0 saturated carbocycles. The van der Waals surface area contributed by atoms with Crippen molar-refractivity contribution in [1.82, 2.24) is 14.6 Å². The topological polar surface area (TPSA) is 65.4 Å². The van der Waals surface area contributed by atoms with Crippen LogP contribution in [-0.4, -0.2) is 21.7 Å². The molecular formula is C15H16N4O. The second kappa shape index (κ2) is 5.30. The summed E-state index contributed by atoms with van der Waals surface area (Å²) < 4.78 is 6.99. The molecule has 2 aromatic heterocycles. The number of hydrogen-bond donors (Lipinski definition) is 1. The van der Waals surface area contributed by atoms with E-state index in [1.165, 1.54) is 0 Å². The summed E-state index contributed by atoms with van der Waals surface area (Å²) in [6, 6.07) is 11.8. The Hall–Kier alpha value is -2.40. The van der Waals surface area contributed by atoms with Gasteiger partial charge in [-0.05, 0) is 35.4 Å². The summed E-state index contributed by atoms with van der Waals surface area (Å²) in [4.78, 5) is 4.53. The molecule has 0 aliphatic heterocycles. The Labute approximate surface area is 117 Å². The van der Waals surface area contributed by atoms with E-state index in [2.05, 4.69) is 10.1 Å². The number of hydrogen-bond acceptors (Lipinski definition) is 4. The highest BCUT2D eigenvalue weighted by molar-refractivity contribution is 5.41. The minimum absolute atomic E-state index is 0.509.